The smallest absolute Gasteiger partial charge is 0.412 e. The first kappa shape index (κ1) is 15.0. The predicted molar refractivity (Wildman–Crippen MR) is 65.9 cm³/mol. The quantitative estimate of drug-likeness (QED) is 0.849. The fraction of sp³-hybridized carbons (Fsp3) is 0.308. The van der Waals surface area contributed by atoms with Crippen LogP contribution in [0.1, 0.15) is 27.3 Å². The molecule has 21 heavy (non-hydrogen) atoms. The third-order valence-electron chi connectivity index (χ3n) is 3.09. The van der Waals surface area contributed by atoms with Crippen LogP contribution in [0.3, 0.4) is 0 Å². The molecule has 1 amide bonds. The topological polar surface area (TPSA) is 70.5 Å². The number of carboxylic acids is 1. The van der Waals surface area contributed by atoms with E-state index in [1.54, 1.807) is 0 Å². The summed E-state index contributed by atoms with van der Waals surface area (Å²) >= 11 is 0. The number of carbonyl (C=O) groups is 2. The van der Waals surface area contributed by atoms with Crippen LogP contribution in [0.4, 0.5) is 13.2 Å². The van der Waals surface area contributed by atoms with E-state index in [1.165, 1.54) is 17.2 Å². The Labute approximate surface area is 117 Å². The summed E-state index contributed by atoms with van der Waals surface area (Å²) in [7, 11) is 0. The molecule has 0 bridgehead atoms. The summed E-state index contributed by atoms with van der Waals surface area (Å²) in [5.74, 6) is -1.79. The largest absolute Gasteiger partial charge is 0.477 e. The van der Waals surface area contributed by atoms with Gasteiger partial charge in [0.15, 0.2) is 0 Å². The van der Waals surface area contributed by atoms with Crippen LogP contribution in [-0.4, -0.2) is 46.1 Å². The minimum absolute atomic E-state index is 0.0606. The maximum Gasteiger partial charge on any atom is 0.412 e. The monoisotopic (exact) mass is 300 g/mol. The first-order chi connectivity index (χ1) is 9.79. The van der Waals surface area contributed by atoms with Crippen molar-refractivity contribution in [3.63, 3.8) is 0 Å². The SMILES string of the molecule is O=C(O)c1cc(C(=O)N2CC=C(C(F)(F)F)CC2)ccn1. The Morgan fingerprint density at radius 3 is 2.57 bits per heavy atom. The summed E-state index contributed by atoms with van der Waals surface area (Å²) in [5.41, 5.74) is -0.844. The number of amides is 1. The number of aromatic carboxylic acids is 1. The zero-order valence-electron chi connectivity index (χ0n) is 10.7. The fourth-order valence-corrected chi connectivity index (χ4v) is 1.97. The normalized spacial score (nSPS) is 15.6. The van der Waals surface area contributed by atoms with E-state index in [9.17, 15) is 22.8 Å². The highest BCUT2D eigenvalue weighted by molar-refractivity contribution is 5.96. The molecule has 1 N–H and O–H groups in total. The van der Waals surface area contributed by atoms with E-state index in [0.29, 0.717) is 0 Å². The van der Waals surface area contributed by atoms with Crippen LogP contribution < -0.4 is 0 Å². The molecule has 0 radical (unpaired) electrons. The van der Waals surface area contributed by atoms with Gasteiger partial charge in [-0.2, -0.15) is 13.2 Å². The molecular formula is C13H11F3N2O3. The molecule has 0 fully saturated rings. The van der Waals surface area contributed by atoms with Crippen molar-refractivity contribution in [1.29, 1.82) is 0 Å². The van der Waals surface area contributed by atoms with Crippen molar-refractivity contribution in [3.05, 3.63) is 41.2 Å². The molecule has 0 unspecified atom stereocenters. The third kappa shape index (κ3) is 3.39. The van der Waals surface area contributed by atoms with Crippen molar-refractivity contribution in [1.82, 2.24) is 9.88 Å². The molecule has 112 valence electrons. The lowest BCUT2D eigenvalue weighted by atomic mass is 10.1. The Morgan fingerprint density at radius 2 is 2.05 bits per heavy atom. The van der Waals surface area contributed by atoms with Crippen molar-refractivity contribution in [3.8, 4) is 0 Å². The second kappa shape index (κ2) is 5.55. The fourth-order valence-electron chi connectivity index (χ4n) is 1.97. The molecule has 2 rings (SSSR count). The number of halogens is 3. The standard InChI is InChI=1S/C13H11F3N2O3/c14-13(15,16)9-2-5-18(6-3-9)11(19)8-1-4-17-10(7-8)12(20)21/h1-2,4,7H,3,5-6H2,(H,20,21). The molecule has 2 heterocycles. The van der Waals surface area contributed by atoms with Gasteiger partial charge in [0.2, 0.25) is 0 Å². The number of rotatable bonds is 2. The van der Waals surface area contributed by atoms with Crippen LogP contribution in [0.2, 0.25) is 0 Å². The van der Waals surface area contributed by atoms with Crippen molar-refractivity contribution < 1.29 is 27.9 Å². The Bertz CT molecular complexity index is 611. The molecule has 0 saturated carbocycles. The Kier molecular flexibility index (Phi) is 3.97. The van der Waals surface area contributed by atoms with E-state index < -0.39 is 23.6 Å². The highest BCUT2D eigenvalue weighted by Gasteiger charge is 2.35. The predicted octanol–water partition coefficient (Wildman–Crippen LogP) is 2.11. The second-order valence-corrected chi connectivity index (χ2v) is 4.46. The van der Waals surface area contributed by atoms with Gasteiger partial charge in [0.05, 0.1) is 0 Å². The highest BCUT2D eigenvalue weighted by atomic mass is 19.4. The van der Waals surface area contributed by atoms with E-state index in [-0.39, 0.29) is 30.8 Å². The minimum Gasteiger partial charge on any atom is -0.477 e. The number of hydrogen-bond donors (Lipinski definition) is 1. The molecule has 0 aromatic carbocycles. The van der Waals surface area contributed by atoms with E-state index >= 15 is 0 Å². The molecule has 0 atom stereocenters. The number of nitrogens with zero attached hydrogens (tertiary/aromatic N) is 2. The highest BCUT2D eigenvalue weighted by Crippen LogP contribution is 2.30. The van der Waals surface area contributed by atoms with Crippen LogP contribution in [0.15, 0.2) is 30.0 Å². The molecule has 5 nitrogen and oxygen atoms in total. The van der Waals surface area contributed by atoms with Crippen molar-refractivity contribution >= 4 is 11.9 Å². The van der Waals surface area contributed by atoms with Crippen molar-refractivity contribution in [2.45, 2.75) is 12.6 Å². The van der Waals surface area contributed by atoms with Gasteiger partial charge in [0, 0.05) is 30.4 Å². The lowest BCUT2D eigenvalue weighted by Gasteiger charge is -2.27. The second-order valence-electron chi connectivity index (χ2n) is 4.46. The molecule has 1 aromatic heterocycles. The summed E-state index contributed by atoms with van der Waals surface area (Å²) in [4.78, 5) is 27.7. The Hall–Kier alpha value is -2.38. The van der Waals surface area contributed by atoms with Gasteiger partial charge in [-0.1, -0.05) is 6.08 Å². The Balaban J connectivity index is 2.14. The zero-order valence-corrected chi connectivity index (χ0v) is 10.7. The van der Waals surface area contributed by atoms with Gasteiger partial charge in [-0.05, 0) is 18.6 Å². The summed E-state index contributed by atoms with van der Waals surface area (Å²) in [6, 6.07) is 2.44. The van der Waals surface area contributed by atoms with Crippen molar-refractivity contribution in [2.24, 2.45) is 0 Å². The lowest BCUT2D eigenvalue weighted by molar-refractivity contribution is -0.0957. The molecule has 1 aliphatic rings. The number of alkyl halides is 3. The third-order valence-corrected chi connectivity index (χ3v) is 3.09. The van der Waals surface area contributed by atoms with E-state index in [4.69, 9.17) is 5.11 Å². The number of pyridine rings is 1. The molecule has 0 saturated heterocycles. The minimum atomic E-state index is -4.37. The number of carboxylic acid groups (broad SMARTS) is 1. The molecule has 8 heteroatoms. The number of aromatic nitrogens is 1. The van der Waals surface area contributed by atoms with E-state index in [0.717, 1.165) is 12.1 Å². The number of hydrogen-bond acceptors (Lipinski definition) is 3. The molecule has 1 aromatic rings. The van der Waals surface area contributed by atoms with Crippen LogP contribution in [-0.2, 0) is 0 Å². The van der Waals surface area contributed by atoms with Crippen LogP contribution in [0.25, 0.3) is 0 Å². The molecular weight excluding hydrogens is 289 g/mol. The van der Waals surface area contributed by atoms with Gasteiger partial charge in [-0.25, -0.2) is 9.78 Å². The van der Waals surface area contributed by atoms with Gasteiger partial charge in [0.1, 0.15) is 5.69 Å². The average Bonchev–Trinajstić information content (AvgIpc) is 2.46. The first-order valence-electron chi connectivity index (χ1n) is 6.04. The van der Waals surface area contributed by atoms with Gasteiger partial charge >= 0.3 is 12.1 Å². The van der Waals surface area contributed by atoms with Gasteiger partial charge in [-0.3, -0.25) is 4.79 Å². The maximum absolute atomic E-state index is 12.5. The summed E-state index contributed by atoms with van der Waals surface area (Å²) in [6.07, 6.45) is -2.49. The number of carbonyl (C=O) groups excluding carboxylic acids is 1. The molecule has 1 aliphatic heterocycles. The van der Waals surface area contributed by atoms with E-state index in [2.05, 4.69) is 4.98 Å². The van der Waals surface area contributed by atoms with E-state index in [1.807, 2.05) is 0 Å². The average molecular weight is 300 g/mol. The van der Waals surface area contributed by atoms with Crippen LogP contribution >= 0.6 is 0 Å². The molecule has 0 aliphatic carbocycles. The van der Waals surface area contributed by atoms with Gasteiger partial charge in [0.25, 0.3) is 5.91 Å². The first-order valence-corrected chi connectivity index (χ1v) is 6.04. The molecule has 0 spiro atoms. The van der Waals surface area contributed by atoms with Crippen LogP contribution in [0, 0.1) is 0 Å². The van der Waals surface area contributed by atoms with Gasteiger partial charge in [-0.15, -0.1) is 0 Å². The summed E-state index contributed by atoms with van der Waals surface area (Å²) < 4.78 is 37.5. The summed E-state index contributed by atoms with van der Waals surface area (Å²) in [5, 5.41) is 8.80. The van der Waals surface area contributed by atoms with Gasteiger partial charge < -0.3 is 10.0 Å². The Morgan fingerprint density at radius 1 is 1.33 bits per heavy atom. The van der Waals surface area contributed by atoms with Crippen molar-refractivity contribution in [2.75, 3.05) is 13.1 Å². The van der Waals surface area contributed by atoms with Crippen LogP contribution in [0.5, 0.6) is 0 Å². The zero-order chi connectivity index (χ0) is 15.6. The maximum atomic E-state index is 12.5. The summed E-state index contributed by atoms with van der Waals surface area (Å²) in [6.45, 7) is -0.215. The lowest BCUT2D eigenvalue weighted by Crippen LogP contribution is -2.36.